The Morgan fingerprint density at radius 3 is 1.74 bits per heavy atom. The molecule has 0 saturated carbocycles. The lowest BCUT2D eigenvalue weighted by molar-refractivity contribution is -0.138. The molecular weight excluding hydrogens is 538 g/mol. The van der Waals surface area contributed by atoms with Gasteiger partial charge < -0.3 is 31.3 Å². The smallest absolute Gasteiger partial charge is 0.336 e. The number of carboxylic acid groups (broad SMARTS) is 3. The van der Waals surface area contributed by atoms with Gasteiger partial charge in [-0.15, -0.1) is 0 Å². The lowest BCUT2D eigenvalue weighted by Crippen LogP contribution is -2.32. The monoisotopic (exact) mass is 587 g/mol. The number of aromatic hydroxyl groups is 2. The molecule has 0 amide bonds. The molecule has 0 saturated heterocycles. The third-order valence-electron chi connectivity index (χ3n) is 7.25. The van der Waals surface area contributed by atoms with Gasteiger partial charge in [-0.25, -0.2) is 9.59 Å². The van der Waals surface area contributed by atoms with Crippen molar-refractivity contribution in [3.05, 3.63) is 58.1 Å². The molecule has 0 aliphatic rings. The van der Waals surface area contributed by atoms with Crippen LogP contribution >= 0.6 is 0 Å². The number of aromatic carboxylic acids is 2. The fourth-order valence-electron chi connectivity index (χ4n) is 4.85. The molecule has 0 spiro atoms. The molecule has 0 unspecified atom stereocenters. The number of unbranched alkanes of at least 4 members (excludes halogenated alkanes) is 10. The van der Waals surface area contributed by atoms with Crippen molar-refractivity contribution in [2.24, 2.45) is 5.73 Å². The molecule has 0 aliphatic carbocycles. The zero-order valence-electron chi connectivity index (χ0n) is 25.1. The Morgan fingerprint density at radius 2 is 1.24 bits per heavy atom. The Labute approximate surface area is 249 Å². The molecule has 0 aromatic heterocycles. The Kier molecular flexibility index (Phi) is 17.6. The number of carboxylic acids is 3. The predicted molar refractivity (Wildman–Crippen MR) is 164 cm³/mol. The second kappa shape index (κ2) is 20.3. The molecule has 0 fully saturated rings. The topological polar surface area (TPSA) is 178 Å². The number of benzene rings is 2. The number of phenolic OH excluding ortho intramolecular Hbond substituents is 2. The summed E-state index contributed by atoms with van der Waals surface area (Å²) in [6.45, 7) is 4.39. The normalized spacial score (nSPS) is 11.4. The van der Waals surface area contributed by atoms with E-state index in [2.05, 4.69) is 13.8 Å². The minimum absolute atomic E-state index is 0.00420. The average Bonchev–Trinajstić information content (AvgIpc) is 2.94. The van der Waals surface area contributed by atoms with Gasteiger partial charge in [-0.2, -0.15) is 0 Å². The SMILES string of the molecule is CCCCCCCCc1ccc(C(=O)O)c(C(=O)O)c1CCCCCCCC.N[C@@H](Cc1ccc(O)c(O)c1)C(=O)O. The highest BCUT2D eigenvalue weighted by atomic mass is 16.4. The highest BCUT2D eigenvalue weighted by molar-refractivity contribution is 6.03. The molecule has 0 bridgehead atoms. The number of hydrogen-bond acceptors (Lipinski definition) is 6. The first-order chi connectivity index (χ1) is 20.0. The van der Waals surface area contributed by atoms with Gasteiger partial charge in [-0.3, -0.25) is 4.79 Å². The van der Waals surface area contributed by atoms with Crippen molar-refractivity contribution in [2.75, 3.05) is 0 Å². The van der Waals surface area contributed by atoms with Crippen LogP contribution in [0.15, 0.2) is 30.3 Å². The summed E-state index contributed by atoms with van der Waals surface area (Å²) < 4.78 is 0. The summed E-state index contributed by atoms with van der Waals surface area (Å²) in [5.41, 5.74) is 7.55. The molecular formula is C33H49NO8. The molecule has 2 aromatic rings. The fourth-order valence-corrected chi connectivity index (χ4v) is 4.85. The quantitative estimate of drug-likeness (QED) is 0.0750. The first-order valence-corrected chi connectivity index (χ1v) is 15.1. The Balaban J connectivity index is 0.000000525. The lowest BCUT2D eigenvalue weighted by Gasteiger charge is -2.15. The Bertz CT molecular complexity index is 1130. The van der Waals surface area contributed by atoms with Crippen LogP contribution in [0, 0.1) is 0 Å². The highest BCUT2D eigenvalue weighted by Gasteiger charge is 2.22. The van der Waals surface area contributed by atoms with Gasteiger partial charge in [0.05, 0.1) is 11.1 Å². The summed E-state index contributed by atoms with van der Waals surface area (Å²) in [5.74, 6) is -3.90. The molecule has 0 aliphatic heterocycles. The molecule has 0 radical (unpaired) electrons. The van der Waals surface area contributed by atoms with Gasteiger partial charge in [-0.05, 0) is 67.0 Å². The van der Waals surface area contributed by atoms with Crippen molar-refractivity contribution in [1.82, 2.24) is 0 Å². The third-order valence-corrected chi connectivity index (χ3v) is 7.25. The van der Waals surface area contributed by atoms with Crippen molar-refractivity contribution in [1.29, 1.82) is 0 Å². The summed E-state index contributed by atoms with van der Waals surface area (Å²) in [5, 5.41) is 45.8. The van der Waals surface area contributed by atoms with Gasteiger partial charge in [0, 0.05) is 0 Å². The summed E-state index contributed by atoms with van der Waals surface area (Å²) >= 11 is 0. The van der Waals surface area contributed by atoms with Gasteiger partial charge in [0.15, 0.2) is 11.5 Å². The molecule has 7 N–H and O–H groups in total. The summed E-state index contributed by atoms with van der Waals surface area (Å²) in [4.78, 5) is 33.8. The van der Waals surface area contributed by atoms with Crippen LogP contribution in [-0.2, 0) is 24.1 Å². The zero-order valence-corrected chi connectivity index (χ0v) is 25.1. The summed E-state index contributed by atoms with van der Waals surface area (Å²) in [6.07, 6.45) is 15.5. The van der Waals surface area contributed by atoms with Crippen LogP contribution in [0.4, 0.5) is 0 Å². The number of hydrogen-bond donors (Lipinski definition) is 6. The van der Waals surface area contributed by atoms with Crippen LogP contribution in [0.3, 0.4) is 0 Å². The second-order valence-electron chi connectivity index (χ2n) is 10.7. The summed E-state index contributed by atoms with van der Waals surface area (Å²) in [7, 11) is 0. The fraction of sp³-hybridized carbons (Fsp3) is 0.545. The van der Waals surface area contributed by atoms with Crippen LogP contribution in [0.25, 0.3) is 0 Å². The van der Waals surface area contributed by atoms with Gasteiger partial charge in [-0.1, -0.05) is 90.2 Å². The highest BCUT2D eigenvalue weighted by Crippen LogP contribution is 2.26. The third kappa shape index (κ3) is 13.4. The summed E-state index contributed by atoms with van der Waals surface area (Å²) in [6, 6.07) is 6.41. The van der Waals surface area contributed by atoms with E-state index in [9.17, 15) is 24.6 Å². The van der Waals surface area contributed by atoms with Crippen LogP contribution in [0.2, 0.25) is 0 Å². The molecule has 1 atom stereocenters. The average molecular weight is 588 g/mol. The van der Waals surface area contributed by atoms with Crippen LogP contribution < -0.4 is 5.73 Å². The van der Waals surface area contributed by atoms with E-state index < -0.39 is 23.9 Å². The number of phenols is 2. The first-order valence-electron chi connectivity index (χ1n) is 15.1. The van der Waals surface area contributed by atoms with Crippen LogP contribution in [0.1, 0.15) is 128 Å². The Morgan fingerprint density at radius 1 is 0.690 bits per heavy atom. The standard InChI is InChI=1S/C24H38O4.C9H11NO4/c1-3-5-7-9-11-13-15-19-17-18-21(23(25)26)22(24(27)28)20(19)16-14-12-10-8-6-4-2;10-6(9(13)14)3-5-1-2-7(11)8(12)4-5/h17-18H,3-16H2,1-2H3,(H,25,26)(H,27,28);1-2,4,6,11-12H,3,10H2,(H,13,14)/t;6-/m.0/s1. The molecule has 2 rings (SSSR count). The number of nitrogens with two attached hydrogens (primary N) is 1. The van der Waals surface area contributed by atoms with Gasteiger partial charge in [0.2, 0.25) is 0 Å². The second-order valence-corrected chi connectivity index (χ2v) is 10.7. The van der Waals surface area contributed by atoms with E-state index in [1.165, 1.54) is 69.2 Å². The van der Waals surface area contributed by atoms with Crippen molar-refractivity contribution in [3.63, 3.8) is 0 Å². The minimum Gasteiger partial charge on any atom is -0.504 e. The molecule has 9 nitrogen and oxygen atoms in total. The zero-order chi connectivity index (χ0) is 31.5. The lowest BCUT2D eigenvalue weighted by atomic mass is 9.89. The number of aliphatic carboxylic acids is 1. The molecule has 234 valence electrons. The van der Waals surface area contributed by atoms with E-state index in [0.29, 0.717) is 12.0 Å². The van der Waals surface area contributed by atoms with E-state index in [-0.39, 0.29) is 29.0 Å². The largest absolute Gasteiger partial charge is 0.504 e. The maximum atomic E-state index is 11.9. The van der Waals surface area contributed by atoms with Crippen molar-refractivity contribution < 1.29 is 39.9 Å². The molecule has 0 heterocycles. The van der Waals surface area contributed by atoms with Crippen molar-refractivity contribution in [2.45, 2.75) is 116 Å². The first kappa shape index (κ1) is 36.4. The van der Waals surface area contributed by atoms with E-state index in [4.69, 9.17) is 21.1 Å². The maximum Gasteiger partial charge on any atom is 0.336 e. The minimum atomic E-state index is -1.16. The molecule has 2 aromatic carbocycles. The van der Waals surface area contributed by atoms with E-state index in [0.717, 1.165) is 49.7 Å². The van der Waals surface area contributed by atoms with Crippen LogP contribution in [-0.4, -0.2) is 49.5 Å². The van der Waals surface area contributed by atoms with Crippen LogP contribution in [0.5, 0.6) is 11.5 Å². The van der Waals surface area contributed by atoms with Gasteiger partial charge in [0.1, 0.15) is 6.04 Å². The number of rotatable bonds is 19. The number of carbonyl (C=O) groups is 3. The van der Waals surface area contributed by atoms with Gasteiger partial charge in [0.25, 0.3) is 0 Å². The maximum absolute atomic E-state index is 11.9. The predicted octanol–water partition coefficient (Wildman–Crippen LogP) is 6.94. The number of aryl methyl sites for hydroxylation is 1. The van der Waals surface area contributed by atoms with Crippen molar-refractivity contribution in [3.8, 4) is 11.5 Å². The van der Waals surface area contributed by atoms with E-state index in [1.807, 2.05) is 6.07 Å². The van der Waals surface area contributed by atoms with E-state index in [1.54, 1.807) is 0 Å². The van der Waals surface area contributed by atoms with Gasteiger partial charge >= 0.3 is 17.9 Å². The Hall–Kier alpha value is -3.59. The van der Waals surface area contributed by atoms with E-state index >= 15 is 0 Å². The molecule has 42 heavy (non-hydrogen) atoms. The molecule has 9 heteroatoms. The van der Waals surface area contributed by atoms with Crippen molar-refractivity contribution >= 4 is 17.9 Å².